The van der Waals surface area contributed by atoms with E-state index in [1.54, 1.807) is 0 Å². The van der Waals surface area contributed by atoms with E-state index in [1.807, 2.05) is 54.6 Å². The normalized spacial score (nSPS) is 9.88. The molecular weight excluding hydrogens is 212 g/mol. The summed E-state index contributed by atoms with van der Waals surface area (Å²) in [7, 11) is 0. The lowest BCUT2D eigenvalue weighted by atomic mass is 10.1. The zero-order valence-corrected chi connectivity index (χ0v) is 9.50. The Kier molecular flexibility index (Phi) is 3.92. The van der Waals surface area contributed by atoms with Gasteiger partial charge in [-0.3, -0.25) is 0 Å². The molecule has 0 aliphatic carbocycles. The molecule has 2 aromatic rings. The Bertz CT molecular complexity index is 460. The molecule has 2 nitrogen and oxygen atoms in total. The summed E-state index contributed by atoms with van der Waals surface area (Å²) >= 11 is 0. The highest BCUT2D eigenvalue weighted by atomic mass is 16.5. The van der Waals surface area contributed by atoms with Crippen molar-refractivity contribution >= 4 is 6.29 Å². The fourth-order valence-corrected chi connectivity index (χ4v) is 1.55. The topological polar surface area (TPSA) is 26.3 Å². The fourth-order valence-electron chi connectivity index (χ4n) is 1.55. The van der Waals surface area contributed by atoms with Gasteiger partial charge >= 0.3 is 0 Å². The highest BCUT2D eigenvalue weighted by Crippen LogP contribution is 2.12. The standard InChI is InChI=1S/C15H14O2/c16-11-10-13-6-8-14(9-7-13)12-17-15-4-2-1-3-5-15/h1-9,11H,10,12H2. The smallest absolute Gasteiger partial charge is 0.124 e. The third-order valence-electron chi connectivity index (χ3n) is 2.49. The number of rotatable bonds is 5. The molecule has 0 saturated carbocycles. The van der Waals surface area contributed by atoms with Gasteiger partial charge in [0.25, 0.3) is 0 Å². The second-order valence-electron chi connectivity index (χ2n) is 3.79. The highest BCUT2D eigenvalue weighted by Gasteiger charge is 1.96. The monoisotopic (exact) mass is 226 g/mol. The first-order chi connectivity index (χ1) is 8.38. The van der Waals surface area contributed by atoms with Crippen LogP contribution >= 0.6 is 0 Å². The number of para-hydroxylation sites is 1. The van der Waals surface area contributed by atoms with Crippen LogP contribution < -0.4 is 4.74 Å². The number of benzene rings is 2. The summed E-state index contributed by atoms with van der Waals surface area (Å²) in [5.41, 5.74) is 2.13. The average molecular weight is 226 g/mol. The molecule has 0 aromatic heterocycles. The summed E-state index contributed by atoms with van der Waals surface area (Å²) in [5, 5.41) is 0. The van der Waals surface area contributed by atoms with E-state index in [2.05, 4.69) is 0 Å². The third-order valence-corrected chi connectivity index (χ3v) is 2.49. The zero-order valence-electron chi connectivity index (χ0n) is 9.50. The number of hydrogen-bond acceptors (Lipinski definition) is 2. The molecule has 2 heteroatoms. The number of hydrogen-bond donors (Lipinski definition) is 0. The lowest BCUT2D eigenvalue weighted by Crippen LogP contribution is -1.95. The van der Waals surface area contributed by atoms with Crippen LogP contribution in [-0.4, -0.2) is 6.29 Å². The van der Waals surface area contributed by atoms with Crippen molar-refractivity contribution in [3.05, 3.63) is 65.7 Å². The van der Waals surface area contributed by atoms with Crippen molar-refractivity contribution in [1.29, 1.82) is 0 Å². The Morgan fingerprint density at radius 3 is 2.18 bits per heavy atom. The van der Waals surface area contributed by atoms with Crippen molar-refractivity contribution in [2.24, 2.45) is 0 Å². The molecule has 0 saturated heterocycles. The summed E-state index contributed by atoms with van der Waals surface area (Å²) in [6.07, 6.45) is 1.38. The van der Waals surface area contributed by atoms with Gasteiger partial charge in [0.05, 0.1) is 0 Å². The van der Waals surface area contributed by atoms with E-state index >= 15 is 0 Å². The number of carbonyl (C=O) groups excluding carboxylic acids is 1. The van der Waals surface area contributed by atoms with Gasteiger partial charge in [-0.1, -0.05) is 42.5 Å². The Hall–Kier alpha value is -2.09. The molecule has 0 N–H and O–H groups in total. The molecule has 0 spiro atoms. The molecule has 0 heterocycles. The van der Waals surface area contributed by atoms with Crippen LogP contribution in [-0.2, 0) is 17.8 Å². The third kappa shape index (κ3) is 3.45. The minimum atomic E-state index is 0.472. The molecule has 0 unspecified atom stereocenters. The minimum absolute atomic E-state index is 0.472. The Morgan fingerprint density at radius 2 is 1.53 bits per heavy atom. The predicted octanol–water partition coefficient (Wildman–Crippen LogP) is 3.01. The van der Waals surface area contributed by atoms with E-state index in [9.17, 15) is 4.79 Å². The molecule has 0 aliphatic heterocycles. The molecule has 86 valence electrons. The SMILES string of the molecule is O=CCc1ccc(COc2ccccc2)cc1. The van der Waals surface area contributed by atoms with Gasteiger partial charge < -0.3 is 9.53 Å². The van der Waals surface area contributed by atoms with Crippen molar-refractivity contribution < 1.29 is 9.53 Å². The second-order valence-corrected chi connectivity index (χ2v) is 3.79. The average Bonchev–Trinajstić information content (AvgIpc) is 2.40. The molecule has 2 rings (SSSR count). The summed E-state index contributed by atoms with van der Waals surface area (Å²) < 4.78 is 5.62. The van der Waals surface area contributed by atoms with Crippen LogP contribution in [0.1, 0.15) is 11.1 Å². The van der Waals surface area contributed by atoms with Crippen molar-refractivity contribution in [3.63, 3.8) is 0 Å². The van der Waals surface area contributed by atoms with Gasteiger partial charge in [0.2, 0.25) is 0 Å². The maximum Gasteiger partial charge on any atom is 0.124 e. The van der Waals surface area contributed by atoms with Crippen LogP contribution in [0.25, 0.3) is 0 Å². The minimum Gasteiger partial charge on any atom is -0.489 e. The van der Waals surface area contributed by atoms with Crippen LogP contribution in [0.5, 0.6) is 5.75 Å². The van der Waals surface area contributed by atoms with Crippen LogP contribution in [0.3, 0.4) is 0 Å². The fraction of sp³-hybridized carbons (Fsp3) is 0.133. The van der Waals surface area contributed by atoms with Gasteiger partial charge in [0.15, 0.2) is 0 Å². The van der Waals surface area contributed by atoms with Gasteiger partial charge in [0, 0.05) is 6.42 Å². The number of carbonyl (C=O) groups is 1. The maximum absolute atomic E-state index is 10.3. The van der Waals surface area contributed by atoms with Gasteiger partial charge in [-0.25, -0.2) is 0 Å². The van der Waals surface area contributed by atoms with Crippen molar-refractivity contribution in [3.8, 4) is 5.75 Å². The Labute approximate surface area is 101 Å². The molecule has 0 amide bonds. The molecule has 17 heavy (non-hydrogen) atoms. The zero-order chi connectivity index (χ0) is 11.9. The Balaban J connectivity index is 1.93. The summed E-state index contributed by atoms with van der Waals surface area (Å²) in [6.45, 7) is 0.547. The second kappa shape index (κ2) is 5.85. The largest absolute Gasteiger partial charge is 0.489 e. The van der Waals surface area contributed by atoms with Crippen molar-refractivity contribution in [2.45, 2.75) is 13.0 Å². The van der Waals surface area contributed by atoms with Gasteiger partial charge in [-0.2, -0.15) is 0 Å². The van der Waals surface area contributed by atoms with E-state index in [-0.39, 0.29) is 0 Å². The lowest BCUT2D eigenvalue weighted by molar-refractivity contribution is -0.107. The summed E-state index contributed by atoms with van der Waals surface area (Å²) in [5.74, 6) is 0.865. The predicted molar refractivity (Wildman–Crippen MR) is 67.0 cm³/mol. The first-order valence-electron chi connectivity index (χ1n) is 5.58. The first kappa shape index (κ1) is 11.4. The first-order valence-corrected chi connectivity index (χ1v) is 5.58. The van der Waals surface area contributed by atoms with Gasteiger partial charge in [0.1, 0.15) is 18.6 Å². The maximum atomic E-state index is 10.3. The van der Waals surface area contributed by atoms with Crippen LogP contribution in [0.15, 0.2) is 54.6 Å². The Morgan fingerprint density at radius 1 is 0.882 bits per heavy atom. The summed E-state index contributed by atoms with van der Waals surface area (Å²) in [6, 6.07) is 17.6. The molecule has 0 fully saturated rings. The molecule has 0 bridgehead atoms. The van der Waals surface area contributed by atoms with Gasteiger partial charge in [-0.15, -0.1) is 0 Å². The van der Waals surface area contributed by atoms with Crippen LogP contribution in [0.4, 0.5) is 0 Å². The van der Waals surface area contributed by atoms with Gasteiger partial charge in [-0.05, 0) is 23.3 Å². The van der Waals surface area contributed by atoms with E-state index in [1.165, 1.54) is 0 Å². The van der Waals surface area contributed by atoms with E-state index in [0.29, 0.717) is 13.0 Å². The lowest BCUT2D eigenvalue weighted by Gasteiger charge is -2.06. The van der Waals surface area contributed by atoms with E-state index < -0.39 is 0 Å². The number of ether oxygens (including phenoxy) is 1. The van der Waals surface area contributed by atoms with E-state index in [4.69, 9.17) is 4.74 Å². The molecule has 0 radical (unpaired) electrons. The van der Waals surface area contributed by atoms with Crippen molar-refractivity contribution in [1.82, 2.24) is 0 Å². The van der Waals surface area contributed by atoms with Crippen LogP contribution in [0.2, 0.25) is 0 Å². The van der Waals surface area contributed by atoms with Crippen molar-refractivity contribution in [2.75, 3.05) is 0 Å². The molecular formula is C15H14O2. The quantitative estimate of drug-likeness (QED) is 0.732. The molecule has 0 aliphatic rings. The molecule has 2 aromatic carbocycles. The number of aldehydes is 1. The van der Waals surface area contributed by atoms with Crippen LogP contribution in [0, 0.1) is 0 Å². The van der Waals surface area contributed by atoms with E-state index in [0.717, 1.165) is 23.2 Å². The summed E-state index contributed by atoms with van der Waals surface area (Å²) in [4.78, 5) is 10.3. The molecule has 0 atom stereocenters. The highest BCUT2D eigenvalue weighted by molar-refractivity contribution is 5.54.